The lowest BCUT2D eigenvalue weighted by Gasteiger charge is -2.23. The number of anilines is 1. The lowest BCUT2D eigenvalue weighted by atomic mass is 9.93. The molecule has 2 aliphatic rings. The zero-order valence-corrected chi connectivity index (χ0v) is 31.4. The van der Waals surface area contributed by atoms with Crippen molar-refractivity contribution in [3.8, 4) is 23.0 Å². The van der Waals surface area contributed by atoms with Crippen LogP contribution in [-0.4, -0.2) is 49.6 Å². The van der Waals surface area contributed by atoms with E-state index in [0.29, 0.717) is 10.7 Å². The Kier molecular flexibility index (Phi) is 9.62. The number of nitrogens with two attached hydrogens (primary N) is 1. The van der Waals surface area contributed by atoms with Crippen LogP contribution in [0, 0.1) is 29.4 Å². The molecule has 3 heterocycles. The number of nitrogens with zero attached hydrogens (tertiary/aromatic N) is 5. The van der Waals surface area contributed by atoms with Crippen molar-refractivity contribution in [2.45, 2.75) is 62.9 Å². The van der Waals surface area contributed by atoms with Gasteiger partial charge in [0.25, 0.3) is 16.1 Å². The van der Waals surface area contributed by atoms with Gasteiger partial charge in [-0.25, -0.2) is 18.9 Å². The number of hydrogen-bond acceptors (Lipinski definition) is 7. The molecule has 12 nitrogen and oxygen atoms in total. The lowest BCUT2D eigenvalue weighted by molar-refractivity contribution is -0.142. The molecule has 3 atom stereocenters. The van der Waals surface area contributed by atoms with E-state index >= 15 is 8.78 Å². The van der Waals surface area contributed by atoms with Crippen LogP contribution in [0.15, 0.2) is 42.5 Å². The Balaban J connectivity index is 1.39. The van der Waals surface area contributed by atoms with Gasteiger partial charge in [-0.05, 0) is 74.4 Å². The van der Waals surface area contributed by atoms with Crippen LogP contribution in [-0.2, 0) is 47.1 Å². The Bertz CT molecular complexity index is 2640. The molecule has 0 spiro atoms. The number of carbonyl (C=O) groups is 1. The molecular weight excluding hydrogens is 809 g/mol. The number of carbonyl (C=O) groups excluding carboxylic acids is 1. The number of alkyl halides is 5. The molecule has 2 aromatic carbocycles. The number of aliphatic hydroxyl groups is 1. The fourth-order valence-electron chi connectivity index (χ4n) is 7.21. The number of nitrogens with one attached hydrogen (secondary N) is 2. The molecule has 21 heteroatoms. The van der Waals surface area contributed by atoms with Gasteiger partial charge < -0.3 is 10.4 Å². The first-order chi connectivity index (χ1) is 26.4. The van der Waals surface area contributed by atoms with Crippen LogP contribution in [0.3, 0.4) is 0 Å². The summed E-state index contributed by atoms with van der Waals surface area (Å²) in [6.07, 6.45) is -5.68. The number of aryl methyl sites for hydroxylation is 1. The minimum Gasteiger partial charge on any atom is -0.378 e. The molecule has 7 rings (SSSR count). The van der Waals surface area contributed by atoms with Gasteiger partial charge in [-0.1, -0.05) is 23.6 Å². The van der Waals surface area contributed by atoms with Crippen LogP contribution in [0.4, 0.5) is 36.6 Å². The second-order valence-corrected chi connectivity index (χ2v) is 16.0. The van der Waals surface area contributed by atoms with Crippen molar-refractivity contribution in [2.75, 3.05) is 4.72 Å². The Morgan fingerprint density at radius 3 is 2.40 bits per heavy atom. The molecule has 57 heavy (non-hydrogen) atoms. The van der Waals surface area contributed by atoms with E-state index in [9.17, 15) is 40.3 Å². The Hall–Kier alpha value is -5.23. The van der Waals surface area contributed by atoms with Crippen molar-refractivity contribution >= 4 is 44.4 Å². The van der Waals surface area contributed by atoms with Crippen molar-refractivity contribution in [3.05, 3.63) is 93.0 Å². The van der Waals surface area contributed by atoms with Gasteiger partial charge in [0, 0.05) is 35.7 Å². The molecule has 0 radical (unpaired) electrons. The maximum atomic E-state index is 15.4. The summed E-state index contributed by atoms with van der Waals surface area (Å²) in [7, 11) is -2.90. The highest BCUT2D eigenvalue weighted by Gasteiger charge is 2.68. The Morgan fingerprint density at radius 1 is 1.11 bits per heavy atom. The van der Waals surface area contributed by atoms with Crippen molar-refractivity contribution in [1.29, 1.82) is 0 Å². The van der Waals surface area contributed by atoms with Crippen molar-refractivity contribution < 1.29 is 49.1 Å². The minimum atomic E-state index is -5.09. The molecule has 5 aromatic rings. The van der Waals surface area contributed by atoms with Crippen LogP contribution in [0.5, 0.6) is 0 Å². The average molecular weight is 839 g/mol. The number of rotatable bonds is 9. The molecule has 0 aliphatic heterocycles. The summed E-state index contributed by atoms with van der Waals surface area (Å²) >= 11 is 6.51. The number of amides is 1. The number of pyridine rings is 1. The summed E-state index contributed by atoms with van der Waals surface area (Å²) in [5.41, 5.74) is -4.09. The van der Waals surface area contributed by atoms with E-state index in [1.165, 1.54) is 49.8 Å². The average Bonchev–Trinajstić information content (AvgIpc) is 3.61. The highest BCUT2D eigenvalue weighted by Crippen LogP contribution is 2.68. The minimum absolute atomic E-state index is 0.0194. The van der Waals surface area contributed by atoms with Gasteiger partial charge in [-0.15, -0.1) is 0 Å². The van der Waals surface area contributed by atoms with Crippen LogP contribution >= 0.6 is 11.6 Å². The smallest absolute Gasteiger partial charge is 0.378 e. The number of aromatic nitrogens is 5. The topological polar surface area (TPSA) is 170 Å². The third-order valence-corrected chi connectivity index (χ3v) is 10.2. The third kappa shape index (κ3) is 7.88. The zero-order valence-electron chi connectivity index (χ0n) is 29.8. The monoisotopic (exact) mass is 838 g/mol. The summed E-state index contributed by atoms with van der Waals surface area (Å²) in [5.74, 6) is -4.15. The van der Waals surface area contributed by atoms with E-state index in [1.54, 1.807) is 0 Å². The third-order valence-electron chi connectivity index (χ3n) is 9.41. The van der Waals surface area contributed by atoms with Crippen molar-refractivity contribution in [1.82, 2.24) is 29.9 Å². The van der Waals surface area contributed by atoms with E-state index in [4.69, 9.17) is 16.7 Å². The largest absolute Gasteiger partial charge is 0.435 e. The van der Waals surface area contributed by atoms with E-state index in [2.05, 4.69) is 37.1 Å². The van der Waals surface area contributed by atoms with Crippen molar-refractivity contribution in [3.63, 3.8) is 0 Å². The van der Waals surface area contributed by atoms with Gasteiger partial charge in [-0.3, -0.25) is 18.9 Å². The molecule has 300 valence electrons. The highest BCUT2D eigenvalue weighted by atomic mass is 35.5. The number of fused-ring (bicyclic) bond motifs is 4. The Morgan fingerprint density at radius 2 is 1.77 bits per heavy atom. The fraction of sp³-hybridized carbons (Fsp3) is 0.333. The van der Waals surface area contributed by atoms with E-state index < -0.39 is 93.2 Å². The van der Waals surface area contributed by atoms with E-state index in [0.717, 1.165) is 12.1 Å². The number of halogens is 8. The summed E-state index contributed by atoms with van der Waals surface area (Å²) in [6.45, 7) is 1.70. The van der Waals surface area contributed by atoms with Gasteiger partial charge in [-0.2, -0.15) is 40.6 Å². The first-order valence-corrected chi connectivity index (χ1v) is 18.9. The molecular formula is C36H30ClF7N8O4S. The molecule has 0 saturated heterocycles. The SMILES string of the molecule is Cn1nc(NS(N)(=O)=O)c2c(Cl)ccc(-c3ccc(C#CC(C)(C)O)nc3[C@H](Cc3cc(F)cc(F)c3)NC(=O)Cn3nc(C(F)(F)F)c4c3C(F)(F)[C@@H]3CC43)c21. The standard InChI is InChI=1S/C36H30ClF7N8O4S/c1-34(2,54)9-8-19-4-5-20(21-6-7-24(37)28-30(21)51(3)49-33(28)50-57(45,55)56)29(46-19)25(12-16-10-17(38)13-18(39)11-16)47-26(53)15-52-32-27(31(48-52)36(42,43)44)22-14-23(22)35(32,40)41/h4-7,10-11,13,22-23,25,54H,12,14-15H2,1-3H3,(H,47,53)(H,49,50)(H2,45,55,56)/t22?,23-,25+/m1/s1. The zero-order chi connectivity index (χ0) is 41.6. The first-order valence-electron chi connectivity index (χ1n) is 16.9. The molecule has 1 saturated carbocycles. The predicted molar refractivity (Wildman–Crippen MR) is 192 cm³/mol. The summed E-state index contributed by atoms with van der Waals surface area (Å²) in [4.78, 5) is 18.5. The van der Waals surface area contributed by atoms with E-state index in [1.807, 2.05) is 0 Å². The van der Waals surface area contributed by atoms with Gasteiger partial charge in [0.05, 0.1) is 27.7 Å². The maximum Gasteiger partial charge on any atom is 0.435 e. The molecule has 0 bridgehead atoms. The lowest BCUT2D eigenvalue weighted by Crippen LogP contribution is -2.35. The van der Waals surface area contributed by atoms with Crippen LogP contribution < -0.4 is 15.2 Å². The normalized spacial score (nSPS) is 17.8. The van der Waals surface area contributed by atoms with Crippen LogP contribution in [0.25, 0.3) is 22.0 Å². The molecule has 1 unspecified atom stereocenters. The van der Waals surface area contributed by atoms with Gasteiger partial charge in [0.2, 0.25) is 5.91 Å². The summed E-state index contributed by atoms with van der Waals surface area (Å²) in [6, 6.07) is 6.97. The quantitative estimate of drug-likeness (QED) is 0.107. The van der Waals surface area contributed by atoms with Gasteiger partial charge >= 0.3 is 6.18 Å². The summed E-state index contributed by atoms with van der Waals surface area (Å²) < 4.78 is 130. The van der Waals surface area contributed by atoms with Gasteiger partial charge in [0.1, 0.15) is 35.2 Å². The van der Waals surface area contributed by atoms with Crippen LogP contribution in [0.1, 0.15) is 66.1 Å². The van der Waals surface area contributed by atoms with Crippen LogP contribution in [0.2, 0.25) is 5.02 Å². The predicted octanol–water partition coefficient (Wildman–Crippen LogP) is 5.83. The fourth-order valence-corrected chi connectivity index (χ4v) is 7.86. The highest BCUT2D eigenvalue weighted by molar-refractivity contribution is 7.90. The molecule has 1 fully saturated rings. The maximum absolute atomic E-state index is 15.4. The summed E-state index contributed by atoms with van der Waals surface area (Å²) in [5, 5.41) is 25.8. The van der Waals surface area contributed by atoms with E-state index in [-0.39, 0.29) is 56.2 Å². The van der Waals surface area contributed by atoms with Crippen molar-refractivity contribution in [2.24, 2.45) is 18.1 Å². The molecule has 3 aromatic heterocycles. The van der Waals surface area contributed by atoms with Gasteiger partial charge in [0.15, 0.2) is 11.5 Å². The molecule has 5 N–H and O–H groups in total. The number of benzene rings is 2. The second kappa shape index (κ2) is 13.7. The number of hydrogen-bond donors (Lipinski definition) is 4. The Labute approximate surface area is 324 Å². The first kappa shape index (κ1) is 40.0. The molecule has 1 amide bonds. The second-order valence-electron chi connectivity index (χ2n) is 14.3. The molecule has 2 aliphatic carbocycles.